The lowest BCUT2D eigenvalue weighted by atomic mass is 9.92. The van der Waals surface area contributed by atoms with Gasteiger partial charge in [-0.05, 0) is 107 Å². The van der Waals surface area contributed by atoms with E-state index in [-0.39, 0.29) is 0 Å². The topological polar surface area (TPSA) is 0 Å². The summed E-state index contributed by atoms with van der Waals surface area (Å²) in [6.45, 7) is 11.6. The van der Waals surface area contributed by atoms with E-state index in [4.69, 9.17) is 0 Å². The molecule has 42 heavy (non-hydrogen) atoms. The van der Waals surface area contributed by atoms with Crippen molar-refractivity contribution in [1.82, 2.24) is 0 Å². The number of benzene rings is 5. The molecule has 0 bridgehead atoms. The lowest BCUT2D eigenvalue weighted by Gasteiger charge is -2.32. The predicted octanol–water partition coefficient (Wildman–Crippen LogP) is 9.90. The first-order valence-electron chi connectivity index (χ1n) is 15.2. The molecule has 1 heteroatoms. The molecule has 0 amide bonds. The van der Waals surface area contributed by atoms with Crippen molar-refractivity contribution in [3.63, 3.8) is 0 Å². The van der Waals surface area contributed by atoms with E-state index in [1.54, 1.807) is 10.4 Å². The highest BCUT2D eigenvalue weighted by atomic mass is 28.3. The number of hydrogen-bond acceptors (Lipinski definition) is 0. The van der Waals surface area contributed by atoms with Gasteiger partial charge in [-0.15, -0.1) is 0 Å². The highest BCUT2D eigenvalue weighted by Gasteiger charge is 2.41. The fraction of sp³-hybridized carbons (Fsp3) is 0.171. The van der Waals surface area contributed by atoms with Crippen LogP contribution in [0.15, 0.2) is 114 Å². The molecule has 7 rings (SSSR count). The van der Waals surface area contributed by atoms with E-state index < -0.39 is 8.07 Å². The normalized spacial score (nSPS) is 13.9. The van der Waals surface area contributed by atoms with E-state index in [2.05, 4.69) is 150 Å². The average Bonchev–Trinajstić information content (AvgIpc) is 3.66. The zero-order chi connectivity index (χ0) is 29.0. The molecule has 0 fully saturated rings. The molecule has 0 aromatic heterocycles. The van der Waals surface area contributed by atoms with Gasteiger partial charge in [-0.3, -0.25) is 0 Å². The third kappa shape index (κ3) is 4.18. The first kappa shape index (κ1) is 26.7. The second-order valence-corrected chi connectivity index (χ2v) is 16.5. The van der Waals surface area contributed by atoms with Gasteiger partial charge in [0.05, 0.1) is 0 Å². The van der Waals surface area contributed by atoms with E-state index in [9.17, 15) is 0 Å². The van der Waals surface area contributed by atoms with Crippen LogP contribution in [0.2, 0.25) is 6.55 Å². The van der Waals surface area contributed by atoms with Crippen LogP contribution in [-0.2, 0) is 12.8 Å². The second-order valence-electron chi connectivity index (χ2n) is 12.4. The summed E-state index contributed by atoms with van der Waals surface area (Å²) >= 11 is 0. The monoisotopic (exact) mass is 558 g/mol. The summed E-state index contributed by atoms with van der Waals surface area (Å²) in [5.41, 5.74) is 16.7. The standard InChI is InChI=1S/C41H38Si/c1-27-13-9-19-36(29(27)3)38-21-11-15-31-23-34(25-40(31)38)42(5,33-17-7-6-8-18-33)35-24-32-16-12-22-39(41(32)26-35)37-20-10-14-28(2)30(37)4/h6-22,25-26H,23-24H2,1-5H3. The molecule has 206 valence electrons. The molecule has 0 saturated carbocycles. The van der Waals surface area contributed by atoms with Gasteiger partial charge in [0.25, 0.3) is 0 Å². The highest BCUT2D eigenvalue weighted by molar-refractivity contribution is 7.03. The van der Waals surface area contributed by atoms with E-state index in [0.29, 0.717) is 0 Å². The van der Waals surface area contributed by atoms with Crippen molar-refractivity contribution in [2.24, 2.45) is 0 Å². The third-order valence-corrected chi connectivity index (χ3v) is 14.9. The van der Waals surface area contributed by atoms with E-state index in [1.807, 2.05) is 0 Å². The van der Waals surface area contributed by atoms with Crippen molar-refractivity contribution in [3.8, 4) is 22.3 Å². The maximum absolute atomic E-state index is 2.60. The molecule has 5 aromatic carbocycles. The van der Waals surface area contributed by atoms with Crippen LogP contribution in [0.3, 0.4) is 0 Å². The molecule has 2 aliphatic carbocycles. The van der Waals surface area contributed by atoms with Crippen LogP contribution in [0, 0.1) is 27.7 Å². The Morgan fingerprint density at radius 3 is 1.36 bits per heavy atom. The zero-order valence-corrected chi connectivity index (χ0v) is 26.4. The van der Waals surface area contributed by atoms with E-state index >= 15 is 0 Å². The number of hydrogen-bond donors (Lipinski definition) is 0. The van der Waals surface area contributed by atoms with Gasteiger partial charge < -0.3 is 0 Å². The second kappa shape index (κ2) is 10.3. The molecular weight excluding hydrogens is 521 g/mol. The molecule has 0 radical (unpaired) electrons. The van der Waals surface area contributed by atoms with Crippen LogP contribution in [0.1, 0.15) is 44.5 Å². The SMILES string of the molecule is Cc1cccc(-c2cccc3c2C=C([Si](C)(C2=Cc4c(cccc4-c4cccc(C)c4C)C2)c2ccccc2)C3)c1C. The first-order chi connectivity index (χ1) is 20.4. The maximum Gasteiger partial charge on any atom is 0.137 e. The van der Waals surface area contributed by atoms with Gasteiger partial charge in [0, 0.05) is 0 Å². The van der Waals surface area contributed by atoms with Crippen molar-refractivity contribution in [2.45, 2.75) is 47.1 Å². The molecule has 5 aromatic rings. The largest absolute Gasteiger partial charge is 0.137 e. The summed E-state index contributed by atoms with van der Waals surface area (Å²) in [6.07, 6.45) is 7.23. The Balaban J connectivity index is 1.39. The fourth-order valence-electron chi connectivity index (χ4n) is 7.28. The minimum atomic E-state index is -2.23. The lowest BCUT2D eigenvalue weighted by Crippen LogP contribution is -2.49. The minimum absolute atomic E-state index is 1.03. The Morgan fingerprint density at radius 2 is 0.881 bits per heavy atom. The van der Waals surface area contributed by atoms with Crippen LogP contribution in [0.4, 0.5) is 0 Å². The van der Waals surface area contributed by atoms with Gasteiger partial charge >= 0.3 is 0 Å². The number of fused-ring (bicyclic) bond motifs is 2. The summed E-state index contributed by atoms with van der Waals surface area (Å²) in [5, 5.41) is 4.74. The van der Waals surface area contributed by atoms with Crippen molar-refractivity contribution in [3.05, 3.63) is 158 Å². The van der Waals surface area contributed by atoms with Crippen LogP contribution < -0.4 is 5.19 Å². The quantitative estimate of drug-likeness (QED) is 0.188. The van der Waals surface area contributed by atoms with Crippen LogP contribution in [0.5, 0.6) is 0 Å². The van der Waals surface area contributed by atoms with Gasteiger partial charge in [-0.2, -0.15) is 0 Å². The summed E-state index contributed by atoms with van der Waals surface area (Å²) in [6, 6.07) is 38.7. The molecule has 0 heterocycles. The molecule has 0 N–H and O–H groups in total. The summed E-state index contributed by atoms with van der Waals surface area (Å²) in [7, 11) is -2.23. The molecule has 0 aliphatic heterocycles. The average molecular weight is 559 g/mol. The van der Waals surface area contributed by atoms with E-state index in [1.165, 1.54) is 71.9 Å². The Labute approximate surface area is 252 Å². The van der Waals surface area contributed by atoms with Crippen LogP contribution in [0.25, 0.3) is 34.4 Å². The van der Waals surface area contributed by atoms with Gasteiger partial charge in [-0.1, -0.05) is 137 Å². The van der Waals surface area contributed by atoms with Crippen molar-refractivity contribution >= 4 is 25.4 Å². The van der Waals surface area contributed by atoms with Crippen LogP contribution in [-0.4, -0.2) is 8.07 Å². The summed E-state index contributed by atoms with van der Waals surface area (Å²) < 4.78 is 0. The Kier molecular flexibility index (Phi) is 6.52. The lowest BCUT2D eigenvalue weighted by molar-refractivity contribution is 1.23. The van der Waals surface area contributed by atoms with Crippen molar-refractivity contribution in [1.29, 1.82) is 0 Å². The summed E-state index contributed by atoms with van der Waals surface area (Å²) in [5.74, 6) is 0. The fourth-order valence-corrected chi connectivity index (χ4v) is 11.2. The van der Waals surface area contributed by atoms with Crippen LogP contribution >= 0.6 is 0 Å². The molecule has 0 saturated heterocycles. The van der Waals surface area contributed by atoms with E-state index in [0.717, 1.165) is 12.8 Å². The Morgan fingerprint density at radius 1 is 0.452 bits per heavy atom. The maximum atomic E-state index is 2.60. The van der Waals surface area contributed by atoms with Gasteiger partial charge in [0.1, 0.15) is 8.07 Å². The smallest absolute Gasteiger partial charge is 0.0668 e. The predicted molar refractivity (Wildman–Crippen MR) is 184 cm³/mol. The van der Waals surface area contributed by atoms with Crippen molar-refractivity contribution < 1.29 is 0 Å². The third-order valence-electron chi connectivity index (χ3n) is 10.2. The van der Waals surface area contributed by atoms with Crippen molar-refractivity contribution in [2.75, 3.05) is 0 Å². The molecule has 0 unspecified atom stereocenters. The van der Waals surface area contributed by atoms with Gasteiger partial charge in [-0.25, -0.2) is 0 Å². The molecule has 0 nitrogen and oxygen atoms in total. The number of aryl methyl sites for hydroxylation is 2. The van der Waals surface area contributed by atoms with Gasteiger partial charge in [0.15, 0.2) is 0 Å². The highest BCUT2D eigenvalue weighted by Crippen LogP contribution is 2.44. The van der Waals surface area contributed by atoms with Gasteiger partial charge in [0.2, 0.25) is 0 Å². The Bertz CT molecular complexity index is 1800. The summed E-state index contributed by atoms with van der Waals surface area (Å²) in [4.78, 5) is 0. The number of allylic oxidation sites excluding steroid dienone is 2. The molecule has 0 spiro atoms. The number of rotatable bonds is 5. The first-order valence-corrected chi connectivity index (χ1v) is 17.7. The molecular formula is C41H38Si. The molecule has 2 aliphatic rings. The Hall–Kier alpha value is -4.20. The zero-order valence-electron chi connectivity index (χ0n) is 25.4. The molecule has 0 atom stereocenters. The minimum Gasteiger partial charge on any atom is -0.0668 e.